The van der Waals surface area contributed by atoms with Gasteiger partial charge in [0.05, 0.1) is 11.3 Å². The minimum absolute atomic E-state index is 0.262. The summed E-state index contributed by atoms with van der Waals surface area (Å²) in [7, 11) is -3.75. The van der Waals surface area contributed by atoms with Crippen LogP contribution < -0.4 is 0 Å². The summed E-state index contributed by atoms with van der Waals surface area (Å²) in [6.07, 6.45) is 0. The van der Waals surface area contributed by atoms with Gasteiger partial charge in [0, 0.05) is 16.5 Å². The molecule has 0 saturated heterocycles. The predicted octanol–water partition coefficient (Wildman–Crippen LogP) is 5.72. The van der Waals surface area contributed by atoms with Crippen LogP contribution in [0.25, 0.3) is 10.9 Å². The Morgan fingerprint density at radius 2 is 1.59 bits per heavy atom. The third kappa shape index (κ3) is 3.45. The average molecular weight is 422 g/mol. The van der Waals surface area contributed by atoms with Gasteiger partial charge in [-0.05, 0) is 31.8 Å². The van der Waals surface area contributed by atoms with E-state index in [2.05, 4.69) is 54.7 Å². The Morgan fingerprint density at radius 3 is 2.28 bits per heavy atom. The lowest BCUT2D eigenvalue weighted by Crippen LogP contribution is -2.31. The SMILES string of the molecule is C[Si](C)(C)O/N=C1/C(c2c(O)n([Si](C)(C)C)c3ccccc23)=Nc2ccccc21. The first kappa shape index (κ1) is 19.7. The Bertz CT molecular complexity index is 1160. The highest BCUT2D eigenvalue weighted by atomic mass is 28.4. The van der Waals surface area contributed by atoms with E-state index in [0.29, 0.717) is 11.4 Å². The number of fused-ring (bicyclic) bond motifs is 2. The van der Waals surface area contributed by atoms with E-state index in [1.54, 1.807) is 0 Å². The molecule has 1 aromatic heterocycles. The zero-order chi connectivity index (χ0) is 21.0. The second-order valence-electron chi connectivity index (χ2n) is 9.34. The highest BCUT2D eigenvalue weighted by molar-refractivity contribution is 6.76. The molecular weight excluding hydrogens is 394 g/mol. The first-order chi connectivity index (χ1) is 13.6. The van der Waals surface area contributed by atoms with Gasteiger partial charge in [0.15, 0.2) is 14.1 Å². The van der Waals surface area contributed by atoms with Crippen LogP contribution in [-0.4, -0.2) is 37.3 Å². The molecule has 0 bridgehead atoms. The van der Waals surface area contributed by atoms with E-state index >= 15 is 0 Å². The van der Waals surface area contributed by atoms with E-state index in [1.165, 1.54) is 0 Å². The number of aliphatic imine (C=N–C) groups is 1. The van der Waals surface area contributed by atoms with Gasteiger partial charge in [-0.3, -0.25) is 0 Å². The van der Waals surface area contributed by atoms with Gasteiger partial charge in [0.1, 0.15) is 11.4 Å². The molecule has 4 rings (SSSR count). The summed E-state index contributed by atoms with van der Waals surface area (Å²) in [5, 5.41) is 16.9. The van der Waals surface area contributed by atoms with Crippen molar-refractivity contribution in [2.45, 2.75) is 39.3 Å². The molecule has 0 radical (unpaired) electrons. The van der Waals surface area contributed by atoms with Gasteiger partial charge in [-0.25, -0.2) is 4.99 Å². The molecule has 2 aromatic carbocycles. The number of rotatable bonds is 4. The number of para-hydroxylation sites is 2. The largest absolute Gasteiger partial charge is 0.494 e. The molecule has 7 heteroatoms. The van der Waals surface area contributed by atoms with E-state index in [4.69, 9.17) is 9.52 Å². The third-order valence-electron chi connectivity index (χ3n) is 4.78. The van der Waals surface area contributed by atoms with E-state index in [9.17, 15) is 5.11 Å². The van der Waals surface area contributed by atoms with Gasteiger partial charge >= 0.3 is 0 Å². The maximum absolute atomic E-state index is 11.4. The Balaban J connectivity index is 1.99. The van der Waals surface area contributed by atoms with Gasteiger partial charge in [-0.1, -0.05) is 61.2 Å². The zero-order valence-electron chi connectivity index (χ0n) is 17.8. The lowest BCUT2D eigenvalue weighted by atomic mass is 10.0. The lowest BCUT2D eigenvalue weighted by Gasteiger charge is -2.21. The predicted molar refractivity (Wildman–Crippen MR) is 126 cm³/mol. The summed E-state index contributed by atoms with van der Waals surface area (Å²) >= 11 is 0. The normalized spacial score (nSPS) is 15.7. The maximum Gasteiger partial charge on any atom is 0.278 e. The standard InChI is InChI=1S/C22H27N3O2Si2/c1-28(2,3)25-18-14-10-8-12-16(18)19(22(25)26)21-20(24-27-29(4,5)6)15-11-7-9-13-17(15)23-21/h7-14,26H,1-6H3/b24-20+. The second-order valence-corrected chi connectivity index (χ2v) is 18.5. The summed E-state index contributed by atoms with van der Waals surface area (Å²) < 4.78 is 8.01. The van der Waals surface area contributed by atoms with Crippen LogP contribution in [0, 0.1) is 0 Å². The first-order valence-corrected chi connectivity index (χ1v) is 16.7. The van der Waals surface area contributed by atoms with Crippen LogP contribution in [0.2, 0.25) is 39.3 Å². The van der Waals surface area contributed by atoms with E-state index in [1.807, 2.05) is 42.5 Å². The smallest absolute Gasteiger partial charge is 0.278 e. The molecule has 2 heterocycles. The van der Waals surface area contributed by atoms with E-state index < -0.39 is 16.6 Å². The molecule has 1 aliphatic rings. The third-order valence-corrected chi connectivity index (χ3v) is 7.22. The number of nitrogens with zero attached hydrogens (tertiary/aromatic N) is 3. The molecule has 0 atom stereocenters. The zero-order valence-corrected chi connectivity index (χ0v) is 19.8. The molecule has 1 aliphatic heterocycles. The molecule has 0 amide bonds. The molecule has 150 valence electrons. The van der Waals surface area contributed by atoms with E-state index in [0.717, 1.165) is 27.7 Å². The molecule has 0 spiro atoms. The van der Waals surface area contributed by atoms with Crippen LogP contribution in [0.4, 0.5) is 5.69 Å². The highest BCUT2D eigenvalue weighted by Gasteiger charge is 2.33. The minimum atomic E-state index is -1.88. The van der Waals surface area contributed by atoms with Crippen LogP contribution in [0.1, 0.15) is 11.1 Å². The number of benzene rings is 2. The molecule has 0 fully saturated rings. The average Bonchev–Trinajstić information content (AvgIpc) is 3.12. The quantitative estimate of drug-likeness (QED) is 0.432. The Hall–Kier alpha value is -2.65. The molecule has 3 aromatic rings. The van der Waals surface area contributed by atoms with Gasteiger partial charge in [-0.15, -0.1) is 0 Å². The van der Waals surface area contributed by atoms with Crippen molar-refractivity contribution in [2.75, 3.05) is 0 Å². The number of hydrogen-bond donors (Lipinski definition) is 1. The fraction of sp³-hybridized carbons (Fsp3) is 0.273. The second kappa shape index (κ2) is 6.71. The van der Waals surface area contributed by atoms with Crippen LogP contribution in [0.3, 0.4) is 0 Å². The summed E-state index contributed by atoms with van der Waals surface area (Å²) in [6.45, 7) is 13.0. The minimum Gasteiger partial charge on any atom is -0.494 e. The summed E-state index contributed by atoms with van der Waals surface area (Å²) in [6, 6.07) is 16.0. The monoisotopic (exact) mass is 421 g/mol. The molecule has 0 aliphatic carbocycles. The van der Waals surface area contributed by atoms with Crippen molar-refractivity contribution in [1.29, 1.82) is 0 Å². The van der Waals surface area contributed by atoms with Gasteiger partial charge < -0.3 is 13.9 Å². The molecule has 1 N–H and O–H groups in total. The molecule has 0 unspecified atom stereocenters. The number of aromatic hydroxyl groups is 1. The van der Waals surface area contributed by atoms with Crippen molar-refractivity contribution < 1.29 is 9.63 Å². The summed E-state index contributed by atoms with van der Waals surface area (Å²) in [4.78, 5) is 4.87. The fourth-order valence-corrected chi connectivity index (χ4v) is 5.69. The van der Waals surface area contributed by atoms with Gasteiger partial charge in [0.25, 0.3) is 8.32 Å². The van der Waals surface area contributed by atoms with Crippen molar-refractivity contribution in [1.82, 2.24) is 4.23 Å². The summed E-state index contributed by atoms with van der Waals surface area (Å²) in [5.41, 5.74) is 4.92. The van der Waals surface area contributed by atoms with Crippen LogP contribution in [0.5, 0.6) is 5.88 Å². The van der Waals surface area contributed by atoms with Crippen LogP contribution >= 0.6 is 0 Å². The number of oxime groups is 1. The fourth-order valence-electron chi connectivity index (χ4n) is 3.66. The topological polar surface area (TPSA) is 59.1 Å². The molecule has 5 nitrogen and oxygen atoms in total. The van der Waals surface area contributed by atoms with Gasteiger partial charge in [-0.2, -0.15) is 0 Å². The summed E-state index contributed by atoms with van der Waals surface area (Å²) in [5.74, 6) is 0.262. The highest BCUT2D eigenvalue weighted by Crippen LogP contribution is 2.39. The maximum atomic E-state index is 11.4. The van der Waals surface area contributed by atoms with Crippen molar-refractivity contribution in [2.24, 2.45) is 10.1 Å². The van der Waals surface area contributed by atoms with Gasteiger partial charge in [0.2, 0.25) is 0 Å². The van der Waals surface area contributed by atoms with Crippen molar-refractivity contribution in [3.05, 3.63) is 59.7 Å². The molecular formula is C22H27N3O2Si2. The Kier molecular flexibility index (Phi) is 4.55. The number of hydrogen-bond acceptors (Lipinski definition) is 4. The Morgan fingerprint density at radius 1 is 0.931 bits per heavy atom. The molecule has 0 saturated carbocycles. The van der Waals surface area contributed by atoms with Crippen molar-refractivity contribution in [3.8, 4) is 5.88 Å². The van der Waals surface area contributed by atoms with Crippen molar-refractivity contribution >= 4 is 44.6 Å². The Labute approximate surface area is 173 Å². The van der Waals surface area contributed by atoms with Crippen molar-refractivity contribution in [3.63, 3.8) is 0 Å². The van der Waals surface area contributed by atoms with E-state index in [-0.39, 0.29) is 5.88 Å². The van der Waals surface area contributed by atoms with Crippen LogP contribution in [0.15, 0.2) is 58.7 Å². The number of aromatic nitrogens is 1. The van der Waals surface area contributed by atoms with Crippen LogP contribution in [-0.2, 0) is 4.53 Å². The molecule has 29 heavy (non-hydrogen) atoms. The lowest BCUT2D eigenvalue weighted by molar-refractivity contribution is 0.336. The first-order valence-electron chi connectivity index (χ1n) is 9.86.